The number of hydrogen-bond donors (Lipinski definition) is 2. The smallest absolute Gasteiger partial charge is 0.462 e. The molecule has 0 saturated heterocycles. The van der Waals surface area contributed by atoms with Crippen molar-refractivity contribution in [2.24, 2.45) is 0 Å². The van der Waals surface area contributed by atoms with Crippen LogP contribution >= 0.6 is 7.82 Å². The number of carbonyl (C=O) groups excluding carboxylic acids is 3. The largest absolute Gasteiger partial charge is 0.472 e. The maximum Gasteiger partial charge on any atom is 0.472 e. The summed E-state index contributed by atoms with van der Waals surface area (Å²) in [5, 5.41) is 9.85. The number of esters is 3. The molecule has 0 spiro atoms. The lowest BCUT2D eigenvalue weighted by molar-refractivity contribution is -0.161. The minimum atomic E-state index is -4.75. The van der Waals surface area contributed by atoms with Crippen LogP contribution in [0, 0.1) is 0 Å². The van der Waals surface area contributed by atoms with Gasteiger partial charge in [0.2, 0.25) is 0 Å². The van der Waals surface area contributed by atoms with Gasteiger partial charge in [0.05, 0.1) is 19.8 Å². The number of unbranched alkanes of at least 4 members (excludes halogenated alkanes) is 39. The summed E-state index contributed by atoms with van der Waals surface area (Å²) in [5.74, 6) is -1.45. The van der Waals surface area contributed by atoms with Crippen LogP contribution in [0.2, 0.25) is 0 Å². The minimum Gasteiger partial charge on any atom is -0.462 e. The highest BCUT2D eigenvalue weighted by Crippen LogP contribution is 2.43. The highest BCUT2D eigenvalue weighted by atomic mass is 31.2. The van der Waals surface area contributed by atoms with Gasteiger partial charge in [0, 0.05) is 19.3 Å². The van der Waals surface area contributed by atoms with Gasteiger partial charge < -0.3 is 24.2 Å². The molecule has 0 aromatic heterocycles. The average molecular weight is 1120 g/mol. The Balaban J connectivity index is 4.67. The molecule has 2 N–H and O–H groups in total. The molecule has 458 valence electrons. The minimum absolute atomic E-state index is 0.162. The third-order valence-corrected chi connectivity index (χ3v) is 15.5. The van der Waals surface area contributed by atoms with E-state index >= 15 is 0 Å². The third kappa shape index (κ3) is 58.4. The van der Waals surface area contributed by atoms with E-state index in [-0.39, 0.29) is 25.9 Å². The van der Waals surface area contributed by atoms with Gasteiger partial charge >= 0.3 is 25.7 Å². The van der Waals surface area contributed by atoms with Crippen molar-refractivity contribution in [2.75, 3.05) is 26.4 Å². The number of carbonyl (C=O) groups is 3. The Kier molecular flexibility index (Phi) is 59.0. The van der Waals surface area contributed by atoms with Crippen molar-refractivity contribution in [1.82, 2.24) is 0 Å². The third-order valence-electron chi connectivity index (χ3n) is 14.5. The number of aliphatic hydroxyl groups is 1. The van der Waals surface area contributed by atoms with Gasteiger partial charge in [-0.1, -0.05) is 269 Å². The zero-order valence-corrected chi connectivity index (χ0v) is 51.8. The molecular weight excluding hydrogens is 1000 g/mol. The summed E-state index contributed by atoms with van der Waals surface area (Å²) in [4.78, 5) is 48.8. The Morgan fingerprint density at radius 3 is 0.987 bits per heavy atom. The fraction of sp³-hybridized carbons (Fsp3) is 0.864. The van der Waals surface area contributed by atoms with E-state index in [4.69, 9.17) is 23.3 Å². The van der Waals surface area contributed by atoms with Crippen molar-refractivity contribution in [3.8, 4) is 0 Å². The van der Waals surface area contributed by atoms with Gasteiger partial charge in [-0.3, -0.25) is 23.4 Å². The first-order valence-electron chi connectivity index (χ1n) is 32.9. The van der Waals surface area contributed by atoms with Crippen LogP contribution in [0.25, 0.3) is 0 Å². The van der Waals surface area contributed by atoms with Gasteiger partial charge in [-0.15, -0.1) is 0 Å². The van der Waals surface area contributed by atoms with Crippen LogP contribution in [0.15, 0.2) is 36.5 Å². The van der Waals surface area contributed by atoms with E-state index in [0.717, 1.165) is 96.3 Å². The SMILES string of the molecule is CCCCC/C=C\C/C=C\CCCCCCCCCC(=O)OC(COC(=O)CCCCCCCCCCCCCCCCCCCCC)COP(=O)(O)OCC(CO)OC(=O)CCCCCCC/C=C\CCCCCCCC. The topological polar surface area (TPSA) is 155 Å². The van der Waals surface area contributed by atoms with E-state index in [1.54, 1.807) is 0 Å². The second kappa shape index (κ2) is 60.8. The molecule has 0 fully saturated rings. The highest BCUT2D eigenvalue weighted by Gasteiger charge is 2.28. The molecule has 0 aliphatic rings. The van der Waals surface area contributed by atoms with Gasteiger partial charge in [0.1, 0.15) is 12.7 Å². The van der Waals surface area contributed by atoms with Crippen molar-refractivity contribution < 1.29 is 52.2 Å². The van der Waals surface area contributed by atoms with Crippen LogP contribution in [0.3, 0.4) is 0 Å². The van der Waals surface area contributed by atoms with E-state index < -0.39 is 57.8 Å². The molecule has 0 aliphatic carbocycles. The van der Waals surface area contributed by atoms with Crippen molar-refractivity contribution in [2.45, 2.75) is 341 Å². The second-order valence-electron chi connectivity index (χ2n) is 22.3. The number of aliphatic hydroxyl groups excluding tert-OH is 1. The molecule has 0 heterocycles. The number of phosphoric ester groups is 1. The predicted molar refractivity (Wildman–Crippen MR) is 326 cm³/mol. The van der Waals surface area contributed by atoms with Gasteiger partial charge in [-0.2, -0.15) is 0 Å². The molecule has 0 amide bonds. The number of allylic oxidation sites excluding steroid dienone is 6. The summed E-state index contributed by atoms with van der Waals surface area (Å²) in [7, 11) is -4.75. The van der Waals surface area contributed by atoms with Gasteiger partial charge in [-0.05, 0) is 77.0 Å². The van der Waals surface area contributed by atoms with Crippen LogP contribution in [-0.4, -0.2) is 66.5 Å². The molecule has 0 saturated carbocycles. The Bertz CT molecular complexity index is 1450. The van der Waals surface area contributed by atoms with E-state index in [1.165, 1.54) is 173 Å². The van der Waals surface area contributed by atoms with E-state index in [2.05, 4.69) is 57.2 Å². The number of hydrogen-bond acceptors (Lipinski definition) is 10. The molecule has 0 aromatic carbocycles. The lowest BCUT2D eigenvalue weighted by atomic mass is 10.0. The molecule has 0 aromatic rings. The monoisotopic (exact) mass is 1120 g/mol. The van der Waals surface area contributed by atoms with Crippen molar-refractivity contribution >= 4 is 25.7 Å². The summed E-state index contributed by atoms with van der Waals surface area (Å²) in [6, 6.07) is 0. The average Bonchev–Trinajstić information content (AvgIpc) is 3.43. The van der Waals surface area contributed by atoms with Crippen molar-refractivity contribution in [3.05, 3.63) is 36.5 Å². The normalized spacial score (nSPS) is 13.4. The van der Waals surface area contributed by atoms with Crippen LogP contribution in [0.4, 0.5) is 0 Å². The lowest BCUT2D eigenvalue weighted by Gasteiger charge is -2.21. The molecule has 78 heavy (non-hydrogen) atoms. The van der Waals surface area contributed by atoms with Crippen LogP contribution in [-0.2, 0) is 42.2 Å². The van der Waals surface area contributed by atoms with Crippen LogP contribution < -0.4 is 0 Å². The first kappa shape index (κ1) is 75.7. The van der Waals surface area contributed by atoms with E-state index in [0.29, 0.717) is 19.3 Å². The quantitative estimate of drug-likeness (QED) is 0.0197. The summed E-state index contributed by atoms with van der Waals surface area (Å²) >= 11 is 0. The molecule has 0 bridgehead atoms. The fourth-order valence-corrected chi connectivity index (χ4v) is 10.3. The second-order valence-corrected chi connectivity index (χ2v) is 23.7. The number of ether oxygens (including phenoxy) is 3. The molecule has 11 nitrogen and oxygen atoms in total. The van der Waals surface area contributed by atoms with Crippen LogP contribution in [0.1, 0.15) is 329 Å². The zero-order chi connectivity index (χ0) is 56.9. The first-order valence-corrected chi connectivity index (χ1v) is 34.4. The fourth-order valence-electron chi connectivity index (χ4n) is 9.50. The Labute approximate surface area is 480 Å². The summed E-state index contributed by atoms with van der Waals surface area (Å²) < 4.78 is 39.7. The van der Waals surface area contributed by atoms with E-state index in [9.17, 15) is 28.9 Å². The van der Waals surface area contributed by atoms with Crippen LogP contribution in [0.5, 0.6) is 0 Å². The van der Waals surface area contributed by atoms with Crippen molar-refractivity contribution in [1.29, 1.82) is 0 Å². The number of phosphoric acid groups is 1. The molecule has 0 aliphatic heterocycles. The Hall–Kier alpha value is -2.30. The highest BCUT2D eigenvalue weighted by molar-refractivity contribution is 7.47. The molecule has 3 atom stereocenters. The predicted octanol–water partition coefficient (Wildman–Crippen LogP) is 19.9. The standard InChI is InChI=1S/C66H123O11P/c1-4-7-10-13-16-19-22-25-28-30-31-33-35-37-40-43-46-49-52-55-64(68)73-59-63(77-66(70)57-54-51-48-45-42-39-36-32-29-26-23-20-17-14-11-8-5-2)61-75-78(71,72)74-60-62(58-67)76-65(69)56-53-50-47-44-41-38-34-27-24-21-18-15-12-9-6-3/h17,20,26-27,29,34,62-63,67H,4-16,18-19,21-25,28,30-33,35-61H2,1-3H3,(H,71,72)/b20-17-,29-26-,34-27-. The zero-order valence-electron chi connectivity index (χ0n) is 50.9. The lowest BCUT2D eigenvalue weighted by Crippen LogP contribution is -2.30. The maximum atomic E-state index is 13.0. The van der Waals surface area contributed by atoms with Gasteiger partial charge in [0.25, 0.3) is 0 Å². The summed E-state index contributed by atoms with van der Waals surface area (Å²) in [6.07, 6.45) is 65.2. The van der Waals surface area contributed by atoms with Crippen molar-refractivity contribution in [3.63, 3.8) is 0 Å². The maximum absolute atomic E-state index is 13.0. The number of rotatable bonds is 62. The summed E-state index contributed by atoms with van der Waals surface area (Å²) in [5.41, 5.74) is 0. The molecule has 3 unspecified atom stereocenters. The van der Waals surface area contributed by atoms with Gasteiger partial charge in [-0.25, -0.2) is 4.57 Å². The Morgan fingerprint density at radius 1 is 0.359 bits per heavy atom. The summed E-state index contributed by atoms with van der Waals surface area (Å²) in [6.45, 7) is 4.67. The molecule has 12 heteroatoms. The molecule has 0 rings (SSSR count). The first-order chi connectivity index (χ1) is 38.2. The molecular formula is C66H123O11P. The van der Waals surface area contributed by atoms with Gasteiger partial charge in [0.15, 0.2) is 6.10 Å². The Morgan fingerprint density at radius 2 is 0.628 bits per heavy atom. The molecule has 0 radical (unpaired) electrons. The van der Waals surface area contributed by atoms with E-state index in [1.807, 2.05) is 0 Å².